The van der Waals surface area contributed by atoms with Crippen molar-refractivity contribution in [2.75, 3.05) is 11.9 Å². The van der Waals surface area contributed by atoms with Gasteiger partial charge in [0.2, 0.25) is 0 Å². The summed E-state index contributed by atoms with van der Waals surface area (Å²) in [5, 5.41) is 7.27. The smallest absolute Gasteiger partial charge is 0.257 e. The Hall–Kier alpha value is -2.76. The van der Waals surface area contributed by atoms with E-state index in [9.17, 15) is 0 Å². The molecule has 0 aliphatic heterocycles. The van der Waals surface area contributed by atoms with Gasteiger partial charge < -0.3 is 9.84 Å². The molecule has 2 aromatic heterocycles. The van der Waals surface area contributed by atoms with Crippen LogP contribution in [0.2, 0.25) is 0 Å². The van der Waals surface area contributed by atoms with E-state index < -0.39 is 0 Å². The first-order chi connectivity index (χ1) is 11.7. The zero-order valence-corrected chi connectivity index (χ0v) is 14.2. The van der Waals surface area contributed by atoms with Gasteiger partial charge in [0.05, 0.1) is 11.4 Å². The molecule has 2 heterocycles. The van der Waals surface area contributed by atoms with E-state index in [1.165, 1.54) is 5.56 Å². The average molecular weight is 323 g/mol. The van der Waals surface area contributed by atoms with Crippen LogP contribution in [-0.2, 0) is 12.8 Å². The fraction of sp³-hybridized carbons (Fsp3) is 0.333. The van der Waals surface area contributed by atoms with Gasteiger partial charge in [-0.25, -0.2) is 4.98 Å². The molecule has 0 atom stereocenters. The molecule has 0 fully saturated rings. The van der Waals surface area contributed by atoms with Crippen molar-refractivity contribution in [1.29, 1.82) is 0 Å². The highest BCUT2D eigenvalue weighted by Gasteiger charge is 2.07. The molecule has 6 nitrogen and oxygen atoms in total. The predicted octanol–water partition coefficient (Wildman–Crippen LogP) is 3.36. The van der Waals surface area contributed by atoms with E-state index in [1.807, 2.05) is 32.9 Å². The summed E-state index contributed by atoms with van der Waals surface area (Å²) in [5.74, 6) is 2.15. The number of anilines is 1. The quantitative estimate of drug-likeness (QED) is 0.749. The minimum absolute atomic E-state index is 0.571. The van der Waals surface area contributed by atoms with E-state index in [4.69, 9.17) is 4.52 Å². The Bertz CT molecular complexity index is 811. The second kappa shape index (κ2) is 7.21. The maximum absolute atomic E-state index is 5.26. The van der Waals surface area contributed by atoms with Crippen LogP contribution in [0.15, 0.2) is 35.0 Å². The number of rotatable bonds is 6. The molecule has 6 heteroatoms. The van der Waals surface area contributed by atoms with Gasteiger partial charge in [-0.2, -0.15) is 4.98 Å². The van der Waals surface area contributed by atoms with Gasteiger partial charge in [0, 0.05) is 24.7 Å². The maximum Gasteiger partial charge on any atom is 0.257 e. The molecule has 1 aromatic carbocycles. The Kier molecular flexibility index (Phi) is 4.84. The van der Waals surface area contributed by atoms with Gasteiger partial charge in [-0.3, -0.25) is 4.98 Å². The first-order valence-electron chi connectivity index (χ1n) is 8.11. The van der Waals surface area contributed by atoms with Gasteiger partial charge in [-0.1, -0.05) is 24.2 Å². The summed E-state index contributed by atoms with van der Waals surface area (Å²) < 4.78 is 5.26. The summed E-state index contributed by atoms with van der Waals surface area (Å²) in [4.78, 5) is 13.1. The number of benzene rings is 1. The Morgan fingerprint density at radius 3 is 2.58 bits per heavy atom. The molecule has 0 spiro atoms. The summed E-state index contributed by atoms with van der Waals surface area (Å²) in [6, 6.07) is 8.20. The number of nitrogens with zero attached hydrogens (tertiary/aromatic N) is 4. The van der Waals surface area contributed by atoms with Crippen molar-refractivity contribution in [1.82, 2.24) is 20.1 Å². The molecule has 0 aliphatic rings. The van der Waals surface area contributed by atoms with Crippen molar-refractivity contribution in [2.45, 2.75) is 33.6 Å². The van der Waals surface area contributed by atoms with Crippen LogP contribution < -0.4 is 5.32 Å². The van der Waals surface area contributed by atoms with Crippen LogP contribution in [0.3, 0.4) is 0 Å². The van der Waals surface area contributed by atoms with Crippen LogP contribution in [-0.4, -0.2) is 26.7 Å². The molecule has 0 aliphatic carbocycles. The highest BCUT2D eigenvalue weighted by Crippen LogP contribution is 2.18. The van der Waals surface area contributed by atoms with E-state index in [0.717, 1.165) is 48.0 Å². The van der Waals surface area contributed by atoms with Crippen LogP contribution in [0.1, 0.15) is 29.7 Å². The molecule has 0 radical (unpaired) electrons. The van der Waals surface area contributed by atoms with Crippen LogP contribution in [0.4, 0.5) is 5.82 Å². The fourth-order valence-corrected chi connectivity index (χ4v) is 2.36. The third kappa shape index (κ3) is 3.76. The zero-order valence-electron chi connectivity index (χ0n) is 14.2. The van der Waals surface area contributed by atoms with Crippen LogP contribution in [0, 0.1) is 13.8 Å². The molecule has 0 bridgehead atoms. The number of hydrogen-bond acceptors (Lipinski definition) is 6. The monoisotopic (exact) mass is 323 g/mol. The molecular formula is C18H21N5O. The van der Waals surface area contributed by atoms with Crippen molar-refractivity contribution in [3.8, 4) is 11.5 Å². The Labute approximate surface area is 141 Å². The molecule has 3 aromatic rings. The molecule has 0 amide bonds. The van der Waals surface area contributed by atoms with Gasteiger partial charge in [-0.15, -0.1) is 0 Å². The summed E-state index contributed by atoms with van der Waals surface area (Å²) in [6.45, 7) is 6.71. The molecule has 3 rings (SSSR count). The topological polar surface area (TPSA) is 76.7 Å². The van der Waals surface area contributed by atoms with Crippen molar-refractivity contribution in [3.05, 3.63) is 53.2 Å². The number of nitrogens with one attached hydrogen (secondary N) is 1. The lowest BCUT2D eigenvalue weighted by Crippen LogP contribution is -2.09. The average Bonchev–Trinajstić information content (AvgIpc) is 3.08. The molecule has 0 unspecified atom stereocenters. The van der Waals surface area contributed by atoms with Gasteiger partial charge in [0.15, 0.2) is 5.82 Å². The van der Waals surface area contributed by atoms with Crippen LogP contribution in [0.5, 0.6) is 0 Å². The van der Waals surface area contributed by atoms with E-state index in [0.29, 0.717) is 5.89 Å². The van der Waals surface area contributed by atoms with Crippen LogP contribution >= 0.6 is 0 Å². The molecule has 124 valence electrons. The van der Waals surface area contributed by atoms with Gasteiger partial charge in [0.25, 0.3) is 5.89 Å². The predicted molar refractivity (Wildman–Crippen MR) is 92.8 cm³/mol. The number of aromatic nitrogens is 4. The molecule has 0 saturated carbocycles. The van der Waals surface area contributed by atoms with Crippen molar-refractivity contribution < 1.29 is 4.52 Å². The summed E-state index contributed by atoms with van der Waals surface area (Å²) >= 11 is 0. The lowest BCUT2D eigenvalue weighted by molar-refractivity contribution is 0.423. The SMILES string of the molecule is CCc1noc(-c2ccc(CCNc3nc(C)cnc3C)cc2)n1. The number of hydrogen-bond donors (Lipinski definition) is 1. The molecule has 0 saturated heterocycles. The highest BCUT2D eigenvalue weighted by molar-refractivity contribution is 5.53. The van der Waals surface area contributed by atoms with Gasteiger partial charge in [-0.05, 0) is 38.0 Å². The standard InChI is InChI=1S/C18H21N5O/c1-4-16-22-18(24-23-16)15-7-5-14(6-8-15)9-10-19-17-13(3)20-11-12(2)21-17/h5-8,11H,4,9-10H2,1-3H3,(H,19,21). The van der Waals surface area contributed by atoms with E-state index in [2.05, 4.69) is 37.6 Å². The van der Waals surface area contributed by atoms with E-state index in [-0.39, 0.29) is 0 Å². The van der Waals surface area contributed by atoms with Gasteiger partial charge in [0.1, 0.15) is 5.82 Å². The van der Waals surface area contributed by atoms with Crippen LogP contribution in [0.25, 0.3) is 11.5 Å². The summed E-state index contributed by atoms with van der Waals surface area (Å²) in [7, 11) is 0. The van der Waals surface area contributed by atoms with Crippen molar-refractivity contribution >= 4 is 5.82 Å². The molecular weight excluding hydrogens is 302 g/mol. The highest BCUT2D eigenvalue weighted by atomic mass is 16.5. The largest absolute Gasteiger partial charge is 0.368 e. The summed E-state index contributed by atoms with van der Waals surface area (Å²) in [6.07, 6.45) is 3.45. The second-order valence-electron chi connectivity index (χ2n) is 5.69. The molecule has 1 N–H and O–H groups in total. The number of aryl methyl sites for hydroxylation is 3. The second-order valence-corrected chi connectivity index (χ2v) is 5.69. The minimum atomic E-state index is 0.571. The Morgan fingerprint density at radius 1 is 1.08 bits per heavy atom. The normalized spacial score (nSPS) is 10.8. The summed E-state index contributed by atoms with van der Waals surface area (Å²) in [5.41, 5.74) is 4.01. The third-order valence-electron chi connectivity index (χ3n) is 3.77. The van der Waals surface area contributed by atoms with Gasteiger partial charge >= 0.3 is 0 Å². The Balaban J connectivity index is 1.59. The minimum Gasteiger partial charge on any atom is -0.368 e. The lowest BCUT2D eigenvalue weighted by atomic mass is 10.1. The Morgan fingerprint density at radius 2 is 1.88 bits per heavy atom. The fourth-order valence-electron chi connectivity index (χ4n) is 2.36. The van der Waals surface area contributed by atoms with Crippen molar-refractivity contribution in [3.63, 3.8) is 0 Å². The van der Waals surface area contributed by atoms with E-state index in [1.54, 1.807) is 6.20 Å². The maximum atomic E-state index is 5.26. The van der Waals surface area contributed by atoms with Crippen molar-refractivity contribution in [2.24, 2.45) is 0 Å². The molecule has 24 heavy (non-hydrogen) atoms. The first kappa shape index (κ1) is 16.1. The first-order valence-corrected chi connectivity index (χ1v) is 8.11. The third-order valence-corrected chi connectivity index (χ3v) is 3.77. The lowest BCUT2D eigenvalue weighted by Gasteiger charge is -2.08. The van der Waals surface area contributed by atoms with E-state index >= 15 is 0 Å². The zero-order chi connectivity index (χ0) is 16.9.